The minimum atomic E-state index is -3.67. The Bertz CT molecular complexity index is 680. The molecule has 2 aromatic heterocycles. The van der Waals surface area contributed by atoms with Gasteiger partial charge in [0.1, 0.15) is 0 Å². The van der Waals surface area contributed by atoms with Crippen LogP contribution in [0.3, 0.4) is 0 Å². The molecule has 106 valence electrons. The summed E-state index contributed by atoms with van der Waals surface area (Å²) in [6, 6.07) is 0. The highest BCUT2D eigenvalue weighted by atomic mass is 32.2. The summed E-state index contributed by atoms with van der Waals surface area (Å²) in [6.45, 7) is 6.19. The molecule has 2 aromatic rings. The number of anilines is 1. The van der Waals surface area contributed by atoms with Gasteiger partial charge in [-0.15, -0.1) is 11.3 Å². The molecule has 0 aromatic carbocycles. The van der Waals surface area contributed by atoms with Crippen LogP contribution < -0.4 is 16.0 Å². The first-order valence-corrected chi connectivity index (χ1v) is 8.03. The van der Waals surface area contributed by atoms with Crippen LogP contribution in [0.1, 0.15) is 20.8 Å². The van der Waals surface area contributed by atoms with E-state index < -0.39 is 10.0 Å². The number of fused-ring (bicyclic) bond motifs is 1. The number of thiazole rings is 1. The lowest BCUT2D eigenvalue weighted by molar-refractivity contribution is 0.407. The molecule has 4 N–H and O–H groups in total. The number of rotatable bonds is 4. The van der Waals surface area contributed by atoms with E-state index in [2.05, 4.69) is 15.1 Å². The Hall–Kier alpha value is -1.16. The first-order valence-electron chi connectivity index (χ1n) is 5.66. The van der Waals surface area contributed by atoms with Crippen molar-refractivity contribution in [3.05, 3.63) is 11.6 Å². The highest BCUT2D eigenvalue weighted by molar-refractivity contribution is 7.89. The number of nitrogens with one attached hydrogen (secondary N) is 2. The fourth-order valence-corrected chi connectivity index (χ4v) is 3.79. The molecule has 0 saturated heterocycles. The number of nitrogens with zero attached hydrogens (tertiary/aromatic N) is 2. The van der Waals surface area contributed by atoms with Crippen molar-refractivity contribution >= 4 is 32.1 Å². The summed E-state index contributed by atoms with van der Waals surface area (Å²) in [5.74, 6) is 5.49. The van der Waals surface area contributed by atoms with Crippen LogP contribution in [0.15, 0.2) is 16.6 Å². The molecule has 0 spiro atoms. The first-order chi connectivity index (χ1) is 8.74. The van der Waals surface area contributed by atoms with Crippen molar-refractivity contribution in [3.8, 4) is 0 Å². The van der Waals surface area contributed by atoms with E-state index in [0.29, 0.717) is 11.5 Å². The quantitative estimate of drug-likeness (QED) is 0.578. The van der Waals surface area contributed by atoms with E-state index >= 15 is 0 Å². The number of hydrogen-bond donors (Lipinski definition) is 3. The van der Waals surface area contributed by atoms with Crippen LogP contribution in [0.25, 0.3) is 4.96 Å². The summed E-state index contributed by atoms with van der Waals surface area (Å²) in [7, 11) is -3.67. The predicted octanol–water partition coefficient (Wildman–Crippen LogP) is 1.01. The Morgan fingerprint density at radius 2 is 2.16 bits per heavy atom. The van der Waals surface area contributed by atoms with E-state index in [4.69, 9.17) is 5.84 Å². The maximum atomic E-state index is 12.4. The van der Waals surface area contributed by atoms with E-state index in [1.165, 1.54) is 15.7 Å². The number of nitrogens with two attached hydrogens (primary N) is 1. The molecule has 2 rings (SSSR count). The molecular formula is C10H17N5O2S2. The normalized spacial score (nSPS) is 13.1. The monoisotopic (exact) mass is 303 g/mol. The standard InChI is InChI=1S/C10H17N5O2S2/c1-10(2,3)6-12-19(16,17)8-7(14-11)13-9-15(8)4-5-18-9/h4-5,12,14H,6,11H2,1-3H3. The second-order valence-corrected chi connectivity index (χ2v) is 7.91. The smallest absolute Gasteiger partial charge is 0.260 e. The molecular weight excluding hydrogens is 286 g/mol. The zero-order valence-corrected chi connectivity index (χ0v) is 12.6. The number of nitrogen functional groups attached to an aromatic ring is 1. The van der Waals surface area contributed by atoms with E-state index in [1.807, 2.05) is 20.8 Å². The first kappa shape index (κ1) is 14.3. The number of aromatic nitrogens is 2. The second-order valence-electron chi connectivity index (χ2n) is 5.35. The van der Waals surface area contributed by atoms with E-state index in [-0.39, 0.29) is 16.3 Å². The summed E-state index contributed by atoms with van der Waals surface area (Å²) in [5, 5.41) is 1.81. The van der Waals surface area contributed by atoms with Crippen molar-refractivity contribution in [2.45, 2.75) is 25.8 Å². The van der Waals surface area contributed by atoms with Gasteiger partial charge in [0.2, 0.25) is 5.03 Å². The lowest BCUT2D eigenvalue weighted by atomic mass is 9.98. The maximum Gasteiger partial charge on any atom is 0.260 e. The van der Waals surface area contributed by atoms with Gasteiger partial charge < -0.3 is 5.43 Å². The topological polar surface area (TPSA) is 102 Å². The molecule has 0 fully saturated rings. The summed E-state index contributed by atoms with van der Waals surface area (Å²) in [5.41, 5.74) is 2.18. The van der Waals surface area contributed by atoms with Crippen LogP contribution in [0.2, 0.25) is 0 Å². The van der Waals surface area contributed by atoms with Crippen molar-refractivity contribution in [3.63, 3.8) is 0 Å². The fourth-order valence-electron chi connectivity index (χ4n) is 1.50. The number of imidazole rings is 1. The minimum absolute atomic E-state index is 0.0375. The molecule has 0 aliphatic heterocycles. The van der Waals surface area contributed by atoms with Crippen LogP contribution in [0.4, 0.5) is 5.82 Å². The molecule has 0 unspecified atom stereocenters. The summed E-state index contributed by atoms with van der Waals surface area (Å²) in [6.07, 6.45) is 1.65. The Balaban J connectivity index is 2.44. The number of sulfonamides is 1. The predicted molar refractivity (Wildman–Crippen MR) is 75.5 cm³/mol. The van der Waals surface area contributed by atoms with Crippen molar-refractivity contribution in [2.75, 3.05) is 12.0 Å². The average molecular weight is 303 g/mol. The molecule has 0 bridgehead atoms. The van der Waals surface area contributed by atoms with Gasteiger partial charge in [-0.2, -0.15) is 4.98 Å². The molecule has 19 heavy (non-hydrogen) atoms. The highest BCUT2D eigenvalue weighted by Gasteiger charge is 2.26. The van der Waals surface area contributed by atoms with Crippen LogP contribution in [-0.2, 0) is 10.0 Å². The van der Waals surface area contributed by atoms with Gasteiger partial charge >= 0.3 is 0 Å². The van der Waals surface area contributed by atoms with Crippen molar-refractivity contribution in [1.29, 1.82) is 0 Å². The van der Waals surface area contributed by atoms with Crippen LogP contribution >= 0.6 is 11.3 Å². The SMILES string of the molecule is CC(C)(C)CNS(=O)(=O)c1c(NN)nc2sccn12. The number of hydrazine groups is 1. The third kappa shape index (κ3) is 2.89. The van der Waals surface area contributed by atoms with Gasteiger partial charge in [-0.1, -0.05) is 20.8 Å². The molecule has 9 heteroatoms. The molecule has 0 radical (unpaired) electrons. The Labute approximate surface area is 115 Å². The van der Waals surface area contributed by atoms with Crippen molar-refractivity contribution in [2.24, 2.45) is 11.3 Å². The van der Waals surface area contributed by atoms with Gasteiger partial charge in [-0.25, -0.2) is 19.0 Å². The van der Waals surface area contributed by atoms with Crippen LogP contribution in [-0.4, -0.2) is 24.3 Å². The maximum absolute atomic E-state index is 12.4. The lowest BCUT2D eigenvalue weighted by Crippen LogP contribution is -2.33. The second kappa shape index (κ2) is 4.75. The summed E-state index contributed by atoms with van der Waals surface area (Å²) < 4.78 is 28.8. The lowest BCUT2D eigenvalue weighted by Gasteiger charge is -2.18. The van der Waals surface area contributed by atoms with Gasteiger partial charge in [0.05, 0.1) is 0 Å². The molecule has 0 aliphatic rings. The van der Waals surface area contributed by atoms with E-state index in [0.717, 1.165) is 0 Å². The van der Waals surface area contributed by atoms with Crippen LogP contribution in [0, 0.1) is 5.41 Å². The zero-order chi connectivity index (χ0) is 14.3. The van der Waals surface area contributed by atoms with Gasteiger partial charge in [-0.3, -0.25) is 4.40 Å². The molecule has 2 heterocycles. The van der Waals surface area contributed by atoms with Crippen molar-refractivity contribution < 1.29 is 8.42 Å². The van der Waals surface area contributed by atoms with Gasteiger partial charge in [0.25, 0.3) is 10.0 Å². The van der Waals surface area contributed by atoms with Gasteiger partial charge in [0, 0.05) is 18.1 Å². The Kier molecular flexibility index (Phi) is 3.56. The minimum Gasteiger partial charge on any atom is -0.306 e. The third-order valence-electron chi connectivity index (χ3n) is 2.40. The number of hydrogen-bond acceptors (Lipinski definition) is 6. The largest absolute Gasteiger partial charge is 0.306 e. The molecule has 0 atom stereocenters. The van der Waals surface area contributed by atoms with Crippen LogP contribution in [0.5, 0.6) is 0 Å². The fraction of sp³-hybridized carbons (Fsp3) is 0.500. The molecule has 0 amide bonds. The van der Waals surface area contributed by atoms with Gasteiger partial charge in [-0.05, 0) is 5.41 Å². The third-order valence-corrected chi connectivity index (χ3v) is 4.58. The average Bonchev–Trinajstić information content (AvgIpc) is 2.83. The summed E-state index contributed by atoms with van der Waals surface area (Å²) >= 11 is 1.34. The Morgan fingerprint density at radius 3 is 2.74 bits per heavy atom. The Morgan fingerprint density at radius 1 is 1.47 bits per heavy atom. The molecule has 0 aliphatic carbocycles. The molecule has 7 nitrogen and oxygen atoms in total. The van der Waals surface area contributed by atoms with E-state index in [9.17, 15) is 8.42 Å². The summed E-state index contributed by atoms with van der Waals surface area (Å²) in [4.78, 5) is 4.70. The van der Waals surface area contributed by atoms with Gasteiger partial charge in [0.15, 0.2) is 10.8 Å². The molecule has 0 saturated carbocycles. The highest BCUT2D eigenvalue weighted by Crippen LogP contribution is 2.25. The zero-order valence-electron chi connectivity index (χ0n) is 11.0. The van der Waals surface area contributed by atoms with E-state index in [1.54, 1.807) is 11.6 Å². The van der Waals surface area contributed by atoms with Crippen molar-refractivity contribution in [1.82, 2.24) is 14.1 Å².